The summed E-state index contributed by atoms with van der Waals surface area (Å²) in [6.07, 6.45) is 1.22. The SMILES string of the molecule is CC(N)C1(c2c(F)c(F)c(Cl)c(F)c2Br)CC1. The zero-order chi connectivity index (χ0) is 13.0. The summed E-state index contributed by atoms with van der Waals surface area (Å²) in [5.41, 5.74) is 5.05. The monoisotopic (exact) mass is 327 g/mol. The molecule has 1 unspecified atom stereocenters. The summed E-state index contributed by atoms with van der Waals surface area (Å²) in [5.74, 6) is -3.44. The maximum atomic E-state index is 13.9. The van der Waals surface area contributed by atoms with Crippen molar-refractivity contribution < 1.29 is 13.2 Å². The van der Waals surface area contributed by atoms with Gasteiger partial charge in [-0.1, -0.05) is 11.6 Å². The molecule has 0 aliphatic heterocycles. The maximum absolute atomic E-state index is 13.9. The Morgan fingerprint density at radius 3 is 2.18 bits per heavy atom. The molecule has 0 bridgehead atoms. The molecule has 0 spiro atoms. The summed E-state index contributed by atoms with van der Waals surface area (Å²) in [7, 11) is 0. The maximum Gasteiger partial charge on any atom is 0.180 e. The molecule has 1 fully saturated rings. The zero-order valence-electron chi connectivity index (χ0n) is 8.96. The van der Waals surface area contributed by atoms with Crippen LogP contribution in [0.5, 0.6) is 0 Å². The lowest BCUT2D eigenvalue weighted by molar-refractivity contribution is 0.449. The van der Waals surface area contributed by atoms with Gasteiger partial charge in [0.25, 0.3) is 0 Å². The van der Waals surface area contributed by atoms with E-state index in [9.17, 15) is 13.2 Å². The molecule has 2 N–H and O–H groups in total. The minimum absolute atomic E-state index is 0.0353. The Labute approximate surface area is 110 Å². The lowest BCUT2D eigenvalue weighted by Crippen LogP contribution is -2.33. The van der Waals surface area contributed by atoms with E-state index in [-0.39, 0.29) is 16.1 Å². The molecule has 6 heteroatoms. The highest BCUT2D eigenvalue weighted by Gasteiger charge is 2.51. The molecule has 1 nitrogen and oxygen atoms in total. The molecule has 0 radical (unpaired) electrons. The van der Waals surface area contributed by atoms with Crippen molar-refractivity contribution in [2.75, 3.05) is 0 Å². The first-order chi connectivity index (χ1) is 7.83. The van der Waals surface area contributed by atoms with E-state index in [4.69, 9.17) is 17.3 Å². The molecule has 0 saturated heterocycles. The molecule has 0 heterocycles. The minimum Gasteiger partial charge on any atom is -0.327 e. The molecular weight excluding hydrogens is 318 g/mol. The molecule has 0 aromatic heterocycles. The van der Waals surface area contributed by atoms with Crippen LogP contribution in [0.25, 0.3) is 0 Å². The van der Waals surface area contributed by atoms with E-state index < -0.39 is 27.9 Å². The van der Waals surface area contributed by atoms with Gasteiger partial charge in [0.15, 0.2) is 17.5 Å². The van der Waals surface area contributed by atoms with Crippen LogP contribution in [-0.2, 0) is 5.41 Å². The van der Waals surface area contributed by atoms with E-state index in [1.54, 1.807) is 6.92 Å². The predicted octanol–water partition coefficient (Wildman–Crippen LogP) is 3.90. The summed E-state index contributed by atoms with van der Waals surface area (Å²) in [6, 6.07) is -0.381. The number of nitrogens with two attached hydrogens (primary N) is 1. The fraction of sp³-hybridized carbons (Fsp3) is 0.455. The Bertz CT molecular complexity index is 457. The average Bonchev–Trinajstić information content (AvgIpc) is 3.05. The molecule has 1 aromatic carbocycles. The molecule has 1 aromatic rings. The van der Waals surface area contributed by atoms with Crippen molar-refractivity contribution in [1.29, 1.82) is 0 Å². The van der Waals surface area contributed by atoms with Crippen molar-refractivity contribution in [2.45, 2.75) is 31.2 Å². The lowest BCUT2D eigenvalue weighted by atomic mass is 9.89. The summed E-state index contributed by atoms with van der Waals surface area (Å²) in [6.45, 7) is 1.70. The molecule has 94 valence electrons. The Balaban J connectivity index is 2.71. The summed E-state index contributed by atoms with van der Waals surface area (Å²) >= 11 is 8.30. The number of hydrogen-bond acceptors (Lipinski definition) is 1. The second kappa shape index (κ2) is 4.14. The van der Waals surface area contributed by atoms with Gasteiger partial charge in [-0.05, 0) is 35.7 Å². The fourth-order valence-corrected chi connectivity index (χ4v) is 3.17. The zero-order valence-corrected chi connectivity index (χ0v) is 11.3. The first kappa shape index (κ1) is 13.2. The lowest BCUT2D eigenvalue weighted by Gasteiger charge is -2.23. The molecule has 1 saturated carbocycles. The van der Waals surface area contributed by atoms with E-state index in [1.165, 1.54) is 0 Å². The normalized spacial score (nSPS) is 19.2. The topological polar surface area (TPSA) is 26.0 Å². The second-order valence-electron chi connectivity index (χ2n) is 4.39. The fourth-order valence-electron chi connectivity index (χ4n) is 2.11. The summed E-state index contributed by atoms with van der Waals surface area (Å²) < 4.78 is 40.8. The number of rotatable bonds is 2. The Kier molecular flexibility index (Phi) is 3.21. The van der Waals surface area contributed by atoms with Gasteiger partial charge in [-0.2, -0.15) is 0 Å². The van der Waals surface area contributed by atoms with Crippen LogP contribution in [0.1, 0.15) is 25.3 Å². The highest BCUT2D eigenvalue weighted by atomic mass is 79.9. The number of halogens is 5. The van der Waals surface area contributed by atoms with Crippen LogP contribution < -0.4 is 5.73 Å². The van der Waals surface area contributed by atoms with Gasteiger partial charge in [-0.25, -0.2) is 13.2 Å². The van der Waals surface area contributed by atoms with Crippen LogP contribution >= 0.6 is 27.5 Å². The predicted molar refractivity (Wildman–Crippen MR) is 63.6 cm³/mol. The smallest absolute Gasteiger partial charge is 0.180 e. The number of benzene rings is 1. The van der Waals surface area contributed by atoms with E-state index in [0.717, 1.165) is 0 Å². The van der Waals surface area contributed by atoms with Crippen LogP contribution in [0.3, 0.4) is 0 Å². The Morgan fingerprint density at radius 1 is 1.24 bits per heavy atom. The average molecular weight is 329 g/mol. The first-order valence-electron chi connectivity index (χ1n) is 5.10. The molecule has 1 atom stereocenters. The van der Waals surface area contributed by atoms with Crippen molar-refractivity contribution in [3.05, 3.63) is 32.5 Å². The molecule has 17 heavy (non-hydrogen) atoms. The van der Waals surface area contributed by atoms with Crippen molar-refractivity contribution in [3.8, 4) is 0 Å². The van der Waals surface area contributed by atoms with E-state index in [0.29, 0.717) is 12.8 Å². The largest absolute Gasteiger partial charge is 0.327 e. The highest BCUT2D eigenvalue weighted by Crippen LogP contribution is 2.54. The first-order valence-corrected chi connectivity index (χ1v) is 6.27. The van der Waals surface area contributed by atoms with Gasteiger partial charge in [-0.3, -0.25) is 0 Å². The molecule has 2 rings (SSSR count). The van der Waals surface area contributed by atoms with Crippen LogP contribution in [0.4, 0.5) is 13.2 Å². The molecule has 1 aliphatic rings. The van der Waals surface area contributed by atoms with Crippen LogP contribution in [0.15, 0.2) is 4.47 Å². The molecule has 0 amide bonds. The summed E-state index contributed by atoms with van der Waals surface area (Å²) in [4.78, 5) is 0. The highest BCUT2D eigenvalue weighted by molar-refractivity contribution is 9.10. The Morgan fingerprint density at radius 2 is 1.76 bits per heavy atom. The minimum atomic E-state index is -1.35. The quantitative estimate of drug-likeness (QED) is 0.647. The third kappa shape index (κ3) is 1.79. The van der Waals surface area contributed by atoms with Crippen LogP contribution in [-0.4, -0.2) is 6.04 Å². The van der Waals surface area contributed by atoms with Gasteiger partial charge in [0.2, 0.25) is 0 Å². The van der Waals surface area contributed by atoms with Gasteiger partial charge in [0.05, 0.1) is 4.47 Å². The Hall–Kier alpha value is -0.260. The van der Waals surface area contributed by atoms with E-state index in [1.807, 2.05) is 0 Å². The van der Waals surface area contributed by atoms with Gasteiger partial charge in [-0.15, -0.1) is 0 Å². The molecule has 1 aliphatic carbocycles. The van der Waals surface area contributed by atoms with Crippen molar-refractivity contribution in [2.24, 2.45) is 5.73 Å². The third-order valence-electron chi connectivity index (χ3n) is 3.37. The standard InChI is InChI=1S/C11H10BrClF3N/c1-4(17)11(2-3-11)5-6(12)9(15)7(13)10(16)8(5)14/h4H,2-3,17H2,1H3. The van der Waals surface area contributed by atoms with Gasteiger partial charge >= 0.3 is 0 Å². The van der Waals surface area contributed by atoms with Crippen LogP contribution in [0.2, 0.25) is 5.02 Å². The van der Waals surface area contributed by atoms with E-state index >= 15 is 0 Å². The third-order valence-corrected chi connectivity index (χ3v) is 4.44. The van der Waals surface area contributed by atoms with Gasteiger partial charge < -0.3 is 5.73 Å². The molecular formula is C11H10BrClF3N. The van der Waals surface area contributed by atoms with Crippen molar-refractivity contribution in [3.63, 3.8) is 0 Å². The van der Waals surface area contributed by atoms with Gasteiger partial charge in [0.1, 0.15) is 5.02 Å². The van der Waals surface area contributed by atoms with Gasteiger partial charge in [0, 0.05) is 17.0 Å². The second-order valence-corrected chi connectivity index (χ2v) is 5.56. The van der Waals surface area contributed by atoms with Crippen LogP contribution in [0, 0.1) is 17.5 Å². The van der Waals surface area contributed by atoms with E-state index in [2.05, 4.69) is 15.9 Å². The van der Waals surface area contributed by atoms with Crippen molar-refractivity contribution >= 4 is 27.5 Å². The number of hydrogen-bond donors (Lipinski definition) is 1. The summed E-state index contributed by atoms with van der Waals surface area (Å²) in [5, 5.41) is -0.835. The van der Waals surface area contributed by atoms with Crippen molar-refractivity contribution in [1.82, 2.24) is 0 Å².